The molecule has 0 aliphatic rings. The van der Waals surface area contributed by atoms with E-state index in [0.717, 1.165) is 61.2 Å². The minimum atomic E-state index is -0.0706. The van der Waals surface area contributed by atoms with Gasteiger partial charge in [0.1, 0.15) is 17.1 Å². The van der Waals surface area contributed by atoms with E-state index in [-0.39, 0.29) is 22.6 Å². The quantitative estimate of drug-likeness (QED) is 0.198. The highest BCUT2D eigenvalue weighted by Gasteiger charge is 2.25. The number of hydrogen-bond acceptors (Lipinski definition) is 3. The second kappa shape index (κ2) is 11.3. The number of pyridine rings is 1. The van der Waals surface area contributed by atoms with Crippen LogP contribution < -0.4 is 0 Å². The molecular weight excluding hydrogens is 613 g/mol. The van der Waals surface area contributed by atoms with Crippen molar-refractivity contribution in [2.75, 3.05) is 0 Å². The molecule has 0 aliphatic carbocycles. The van der Waals surface area contributed by atoms with Crippen LogP contribution in [0.1, 0.15) is 72.6 Å². The summed E-state index contributed by atoms with van der Waals surface area (Å²) in [5, 5.41) is 14.4. The van der Waals surface area contributed by atoms with E-state index in [4.69, 9.17) is 9.97 Å². The van der Waals surface area contributed by atoms with Crippen molar-refractivity contribution in [2.45, 2.75) is 72.3 Å². The summed E-state index contributed by atoms with van der Waals surface area (Å²) in [4.78, 5) is 14.4. The normalized spacial score (nSPS) is 12.7. The molecular formula is C45H44N4O. The monoisotopic (exact) mass is 656 g/mol. The van der Waals surface area contributed by atoms with E-state index in [1.165, 1.54) is 21.9 Å². The fourth-order valence-corrected chi connectivity index (χ4v) is 7.34. The number of para-hydroxylation sites is 2. The van der Waals surface area contributed by atoms with E-state index in [1.807, 2.05) is 30.3 Å². The van der Waals surface area contributed by atoms with E-state index in [2.05, 4.69) is 132 Å². The van der Waals surface area contributed by atoms with Gasteiger partial charge in [0, 0.05) is 38.8 Å². The molecule has 2 N–H and O–H groups in total. The van der Waals surface area contributed by atoms with Gasteiger partial charge in [-0.15, -0.1) is 0 Å². The smallest absolute Gasteiger partial charge is 0.143 e. The Kier molecular flexibility index (Phi) is 7.20. The number of aromatic amines is 1. The summed E-state index contributed by atoms with van der Waals surface area (Å²) in [5.41, 5.74) is 12.2. The highest BCUT2D eigenvalue weighted by molar-refractivity contribution is 6.12. The second-order valence-electron chi connectivity index (χ2n) is 16.0. The van der Waals surface area contributed by atoms with Gasteiger partial charge in [-0.1, -0.05) is 102 Å². The average Bonchev–Trinajstić information content (AvgIpc) is 3.66. The van der Waals surface area contributed by atoms with Crippen LogP contribution in [0.25, 0.3) is 77.5 Å². The molecule has 0 fully saturated rings. The van der Waals surface area contributed by atoms with Crippen LogP contribution in [0.15, 0.2) is 103 Å². The number of nitrogens with zero attached hydrogens (tertiary/aromatic N) is 3. The zero-order valence-corrected chi connectivity index (χ0v) is 30.2. The number of nitrogens with one attached hydrogen (secondary N) is 1. The molecule has 0 atom stereocenters. The van der Waals surface area contributed by atoms with Crippen LogP contribution in [0, 0.1) is 0 Å². The van der Waals surface area contributed by atoms with Gasteiger partial charge >= 0.3 is 0 Å². The Hall–Kier alpha value is -5.42. The van der Waals surface area contributed by atoms with Crippen LogP contribution in [0.5, 0.6) is 5.75 Å². The Bertz CT molecular complexity index is 2590. The summed E-state index contributed by atoms with van der Waals surface area (Å²) in [7, 11) is 0. The van der Waals surface area contributed by atoms with Crippen molar-refractivity contribution in [3.63, 3.8) is 0 Å². The van der Waals surface area contributed by atoms with E-state index in [1.54, 1.807) is 6.07 Å². The first kappa shape index (κ1) is 31.8. The molecule has 50 heavy (non-hydrogen) atoms. The molecule has 5 heteroatoms. The van der Waals surface area contributed by atoms with Crippen molar-refractivity contribution in [3.05, 3.63) is 114 Å². The Balaban J connectivity index is 1.43. The molecule has 3 aromatic heterocycles. The molecule has 0 spiro atoms. The number of rotatable bonds is 4. The highest BCUT2D eigenvalue weighted by atomic mass is 16.3. The van der Waals surface area contributed by atoms with Crippen molar-refractivity contribution in [2.24, 2.45) is 0 Å². The molecule has 250 valence electrons. The number of phenols is 1. The predicted molar refractivity (Wildman–Crippen MR) is 210 cm³/mol. The number of hydrogen-bond donors (Lipinski definition) is 2. The Morgan fingerprint density at radius 1 is 0.620 bits per heavy atom. The minimum absolute atomic E-state index is 0.0399. The first-order chi connectivity index (χ1) is 23.8. The van der Waals surface area contributed by atoms with Gasteiger partial charge in [0.15, 0.2) is 0 Å². The molecule has 8 aromatic rings. The van der Waals surface area contributed by atoms with Gasteiger partial charge < -0.3 is 14.7 Å². The number of aromatic nitrogens is 4. The summed E-state index contributed by atoms with van der Waals surface area (Å²) in [6.45, 7) is 18.1. The molecule has 0 radical (unpaired) electrons. The molecule has 3 heterocycles. The first-order valence-corrected chi connectivity index (χ1v) is 17.6. The third-order valence-corrected chi connectivity index (χ3v) is 10.1. The van der Waals surface area contributed by atoms with Crippen molar-refractivity contribution in [3.8, 4) is 39.5 Å². The van der Waals surface area contributed by atoms with Crippen LogP contribution in [0.3, 0.4) is 0 Å². The maximum absolute atomic E-state index is 11.0. The maximum atomic E-state index is 11.0. The SMILES string of the molecule is CC(C)n1c(-c2cc(C(C)(C)C)cc3c2[nH]c2ccc(C(C)(C)C)cc23)nc2c(-c3cc(-c4ccccc4)c4cccc(O)c4n3)cccc21. The van der Waals surface area contributed by atoms with Crippen LogP contribution in [0.4, 0.5) is 0 Å². The third kappa shape index (κ3) is 5.15. The Morgan fingerprint density at radius 3 is 2.06 bits per heavy atom. The van der Waals surface area contributed by atoms with Gasteiger partial charge in [0.05, 0.1) is 22.2 Å². The van der Waals surface area contributed by atoms with E-state index < -0.39 is 0 Å². The van der Waals surface area contributed by atoms with Crippen molar-refractivity contribution in [1.29, 1.82) is 0 Å². The van der Waals surface area contributed by atoms with Gasteiger partial charge in [0.25, 0.3) is 0 Å². The van der Waals surface area contributed by atoms with Gasteiger partial charge in [-0.2, -0.15) is 0 Å². The topological polar surface area (TPSA) is 66.7 Å². The van der Waals surface area contributed by atoms with Crippen LogP contribution in [-0.2, 0) is 10.8 Å². The first-order valence-electron chi connectivity index (χ1n) is 17.6. The molecule has 8 rings (SSSR count). The van der Waals surface area contributed by atoms with Gasteiger partial charge in [-0.3, -0.25) is 0 Å². The van der Waals surface area contributed by atoms with Crippen LogP contribution in [0.2, 0.25) is 0 Å². The number of benzene rings is 5. The lowest BCUT2D eigenvalue weighted by Gasteiger charge is -2.22. The lowest BCUT2D eigenvalue weighted by molar-refractivity contribution is 0.480. The zero-order chi connectivity index (χ0) is 35.1. The number of H-pyrrole nitrogens is 1. The van der Waals surface area contributed by atoms with Gasteiger partial charge in [-0.05, 0) is 89.4 Å². The predicted octanol–water partition coefficient (Wildman–Crippen LogP) is 12.1. The molecule has 0 saturated carbocycles. The Labute approximate surface area is 293 Å². The number of fused-ring (bicyclic) bond motifs is 5. The van der Waals surface area contributed by atoms with Crippen LogP contribution >= 0.6 is 0 Å². The summed E-state index contributed by atoms with van der Waals surface area (Å²) in [6, 6.07) is 36.1. The molecule has 0 amide bonds. The van der Waals surface area contributed by atoms with Gasteiger partial charge in [0.2, 0.25) is 0 Å². The average molecular weight is 657 g/mol. The molecule has 5 aromatic carbocycles. The fourth-order valence-electron chi connectivity index (χ4n) is 7.34. The molecule has 0 unspecified atom stereocenters. The third-order valence-electron chi connectivity index (χ3n) is 10.1. The fraction of sp³-hybridized carbons (Fsp3) is 0.244. The zero-order valence-electron chi connectivity index (χ0n) is 30.2. The second-order valence-corrected chi connectivity index (χ2v) is 16.0. The number of aromatic hydroxyl groups is 1. The lowest BCUT2D eigenvalue weighted by Crippen LogP contribution is -2.12. The molecule has 0 saturated heterocycles. The minimum Gasteiger partial charge on any atom is -0.506 e. The van der Waals surface area contributed by atoms with Crippen molar-refractivity contribution in [1.82, 2.24) is 19.5 Å². The van der Waals surface area contributed by atoms with Gasteiger partial charge in [-0.25, -0.2) is 9.97 Å². The molecule has 5 nitrogen and oxygen atoms in total. The van der Waals surface area contributed by atoms with Crippen molar-refractivity contribution < 1.29 is 5.11 Å². The van der Waals surface area contributed by atoms with Crippen LogP contribution in [-0.4, -0.2) is 24.6 Å². The van der Waals surface area contributed by atoms with Crippen molar-refractivity contribution >= 4 is 43.7 Å². The van der Waals surface area contributed by atoms with E-state index in [0.29, 0.717) is 5.52 Å². The largest absolute Gasteiger partial charge is 0.506 e. The van der Waals surface area contributed by atoms with E-state index >= 15 is 0 Å². The maximum Gasteiger partial charge on any atom is 0.143 e. The summed E-state index contributed by atoms with van der Waals surface area (Å²) >= 11 is 0. The summed E-state index contributed by atoms with van der Waals surface area (Å²) < 4.78 is 2.36. The highest BCUT2D eigenvalue weighted by Crippen LogP contribution is 2.43. The standard InChI is InChI=1S/C45H44N4O/c1-26(2)49-38-18-12-17-31(37-25-32(27-14-10-9-11-15-27)30-16-13-19-39(50)42(30)47-37)41(38)48-43(49)35-24-29(45(6,7)8)23-34-33-22-28(44(3,4)5)20-21-36(33)46-40(34)35/h9-26,46,50H,1-8H3. The van der Waals surface area contributed by atoms with E-state index in [9.17, 15) is 5.11 Å². The lowest BCUT2D eigenvalue weighted by atomic mass is 9.84. The number of imidazole rings is 1. The summed E-state index contributed by atoms with van der Waals surface area (Å²) in [5.74, 6) is 1.09. The number of phenolic OH excluding ortho intramolecular Hbond substituents is 1. The summed E-state index contributed by atoms with van der Waals surface area (Å²) in [6.07, 6.45) is 0. The molecule has 0 aliphatic heterocycles. The molecule has 0 bridgehead atoms. The Morgan fingerprint density at radius 2 is 1.34 bits per heavy atom.